The van der Waals surface area contributed by atoms with E-state index in [-0.39, 0.29) is 31.2 Å². The molecule has 3 aromatic carbocycles. The first-order chi connectivity index (χ1) is 28.9. The standard InChI is InChI=1S/C45H43F2N9O4/c1-45(2,3)60-44(59)53-21-8-11-33(26-53)56-40-37(24-49-42(51-40)50-31-9-5-4-6-10-31)55(43(56)58)32-17-14-28(15-18-32)41(57)52-22-19-34-35-12-7-20-48-39(35)54(38(34)27-52)25-29-13-16-30(46)23-36(29)47/h4-7,9-10,12-18,20,23-24,33H,8,11,19,21-22,25-27H2,1-3H3,(H,49,50,51). The highest BCUT2D eigenvalue weighted by Crippen LogP contribution is 2.32. The quantitative estimate of drug-likeness (QED) is 0.173. The summed E-state index contributed by atoms with van der Waals surface area (Å²) in [6.07, 6.45) is 4.73. The molecule has 1 saturated heterocycles. The average molecular weight is 812 g/mol. The van der Waals surface area contributed by atoms with Gasteiger partial charge in [-0.05, 0) is 100 Å². The fourth-order valence-corrected chi connectivity index (χ4v) is 8.31. The molecule has 4 aromatic heterocycles. The maximum Gasteiger partial charge on any atom is 0.410 e. The van der Waals surface area contributed by atoms with Crippen LogP contribution in [0, 0.1) is 11.6 Å². The lowest BCUT2D eigenvalue weighted by atomic mass is 10.0. The highest BCUT2D eigenvalue weighted by molar-refractivity contribution is 5.95. The zero-order valence-corrected chi connectivity index (χ0v) is 33.4. The zero-order chi connectivity index (χ0) is 41.7. The first-order valence-corrected chi connectivity index (χ1v) is 20.0. The number of carbonyl (C=O) groups excluding carboxylic acids is 2. The number of pyridine rings is 1. The topological polar surface area (TPSA) is 132 Å². The number of aromatic nitrogens is 6. The van der Waals surface area contributed by atoms with Gasteiger partial charge in [0, 0.05) is 59.8 Å². The van der Waals surface area contributed by atoms with E-state index in [2.05, 4.69) is 15.3 Å². The average Bonchev–Trinajstić information content (AvgIpc) is 3.71. The predicted molar refractivity (Wildman–Crippen MR) is 223 cm³/mol. The van der Waals surface area contributed by atoms with Crippen LogP contribution in [0.5, 0.6) is 0 Å². The molecule has 0 radical (unpaired) electrons. The van der Waals surface area contributed by atoms with Crippen LogP contribution in [0.2, 0.25) is 0 Å². The van der Waals surface area contributed by atoms with Gasteiger partial charge in [-0.25, -0.2) is 28.3 Å². The van der Waals surface area contributed by atoms with E-state index >= 15 is 0 Å². The predicted octanol–water partition coefficient (Wildman–Crippen LogP) is 7.77. The van der Waals surface area contributed by atoms with Gasteiger partial charge < -0.3 is 24.4 Å². The molecule has 2 amide bonds. The fraction of sp³-hybridized carbons (Fsp3) is 0.289. The first kappa shape index (κ1) is 38.6. The number of anilines is 2. The maximum absolute atomic E-state index is 14.9. The van der Waals surface area contributed by atoms with Crippen molar-refractivity contribution in [2.75, 3.05) is 25.0 Å². The molecule has 6 heterocycles. The van der Waals surface area contributed by atoms with Crippen molar-refractivity contribution in [3.05, 3.63) is 142 Å². The van der Waals surface area contributed by atoms with Crippen molar-refractivity contribution in [3.8, 4) is 5.69 Å². The van der Waals surface area contributed by atoms with Crippen molar-refractivity contribution < 1.29 is 23.1 Å². The highest BCUT2D eigenvalue weighted by Gasteiger charge is 2.33. The molecule has 0 saturated carbocycles. The monoisotopic (exact) mass is 811 g/mol. The third-order valence-electron chi connectivity index (χ3n) is 11.1. The van der Waals surface area contributed by atoms with E-state index in [1.807, 2.05) is 67.8 Å². The van der Waals surface area contributed by atoms with Crippen molar-refractivity contribution in [2.45, 2.75) is 64.8 Å². The molecular formula is C45H43F2N9O4. The van der Waals surface area contributed by atoms with Crippen LogP contribution in [0.25, 0.3) is 27.9 Å². The summed E-state index contributed by atoms with van der Waals surface area (Å²) in [5, 5.41) is 4.16. The molecular weight excluding hydrogens is 769 g/mol. The summed E-state index contributed by atoms with van der Waals surface area (Å²) >= 11 is 0. The second kappa shape index (κ2) is 15.4. The van der Waals surface area contributed by atoms with Gasteiger partial charge in [0.25, 0.3) is 5.91 Å². The van der Waals surface area contributed by atoms with Crippen molar-refractivity contribution in [3.63, 3.8) is 0 Å². The Morgan fingerprint density at radius 1 is 0.917 bits per heavy atom. The minimum absolute atomic E-state index is 0.126. The van der Waals surface area contributed by atoms with Gasteiger partial charge in [0.05, 0.1) is 31.0 Å². The molecule has 60 heavy (non-hydrogen) atoms. The van der Waals surface area contributed by atoms with Crippen LogP contribution in [0.15, 0.2) is 102 Å². The van der Waals surface area contributed by atoms with Gasteiger partial charge in [-0.3, -0.25) is 13.9 Å². The lowest BCUT2D eigenvalue weighted by Gasteiger charge is -2.34. The van der Waals surface area contributed by atoms with Crippen LogP contribution in [0.4, 0.5) is 25.2 Å². The Kier molecular flexibility index (Phi) is 9.89. The molecule has 2 aliphatic rings. The molecule has 1 fully saturated rings. The third-order valence-corrected chi connectivity index (χ3v) is 11.1. The number of imidazole rings is 1. The van der Waals surface area contributed by atoms with Gasteiger partial charge >= 0.3 is 11.8 Å². The fourth-order valence-electron chi connectivity index (χ4n) is 8.31. The number of ether oxygens (including phenoxy) is 1. The van der Waals surface area contributed by atoms with Gasteiger partial charge in [-0.2, -0.15) is 4.98 Å². The molecule has 1 unspecified atom stereocenters. The maximum atomic E-state index is 14.9. The normalized spacial score (nSPS) is 15.7. The number of piperidine rings is 1. The molecule has 0 aliphatic carbocycles. The van der Waals surface area contributed by atoms with Crippen LogP contribution < -0.4 is 11.0 Å². The summed E-state index contributed by atoms with van der Waals surface area (Å²) in [6, 6.07) is 23.3. The lowest BCUT2D eigenvalue weighted by molar-refractivity contribution is 0.0172. The molecule has 0 spiro atoms. The Labute approximate surface area is 343 Å². The largest absolute Gasteiger partial charge is 0.444 e. The Morgan fingerprint density at radius 2 is 1.72 bits per heavy atom. The molecule has 2 aliphatic heterocycles. The molecule has 306 valence electrons. The summed E-state index contributed by atoms with van der Waals surface area (Å²) in [6.45, 7) is 7.08. The Hall–Kier alpha value is -6.90. The number of para-hydroxylation sites is 1. The molecule has 7 aromatic rings. The third kappa shape index (κ3) is 7.35. The summed E-state index contributed by atoms with van der Waals surface area (Å²) in [5.41, 5.74) is 4.45. The first-order valence-electron chi connectivity index (χ1n) is 20.0. The Balaban J connectivity index is 1.03. The van der Waals surface area contributed by atoms with Crippen LogP contribution in [0.3, 0.4) is 0 Å². The SMILES string of the molecule is CC(C)(C)OC(=O)N1CCCC(n2c(=O)n(-c3ccc(C(=O)N4CCc5c(n(Cc6ccc(F)cc6F)c6ncccc56)C4)cc3)c3cnc(Nc4ccccc4)nc32)C1. The van der Waals surface area contributed by atoms with E-state index in [0.717, 1.165) is 28.4 Å². The number of carbonyl (C=O) groups is 2. The second-order valence-electron chi connectivity index (χ2n) is 16.2. The number of nitrogens with one attached hydrogen (secondary N) is 1. The van der Waals surface area contributed by atoms with E-state index in [0.29, 0.717) is 71.9 Å². The molecule has 0 bridgehead atoms. The summed E-state index contributed by atoms with van der Waals surface area (Å²) in [4.78, 5) is 59.3. The number of rotatable bonds is 7. The highest BCUT2D eigenvalue weighted by atomic mass is 19.1. The molecule has 1 atom stereocenters. The molecule has 9 rings (SSSR count). The second-order valence-corrected chi connectivity index (χ2v) is 16.2. The van der Waals surface area contributed by atoms with Crippen molar-refractivity contribution >= 4 is 45.8 Å². The number of fused-ring (bicyclic) bond motifs is 4. The lowest BCUT2D eigenvalue weighted by Crippen LogP contribution is -2.45. The number of hydrogen-bond acceptors (Lipinski definition) is 8. The van der Waals surface area contributed by atoms with Gasteiger partial charge in [0.15, 0.2) is 5.65 Å². The van der Waals surface area contributed by atoms with E-state index < -0.39 is 29.4 Å². The van der Waals surface area contributed by atoms with Crippen LogP contribution in [-0.4, -0.2) is 75.7 Å². The van der Waals surface area contributed by atoms with Crippen LogP contribution >= 0.6 is 0 Å². The van der Waals surface area contributed by atoms with E-state index in [1.165, 1.54) is 16.7 Å². The van der Waals surface area contributed by atoms with Gasteiger partial charge in [0.1, 0.15) is 28.4 Å². The number of likely N-dealkylation sites (tertiary alicyclic amines) is 1. The van der Waals surface area contributed by atoms with Crippen LogP contribution in [0.1, 0.15) is 66.8 Å². The van der Waals surface area contributed by atoms with E-state index in [4.69, 9.17) is 9.72 Å². The van der Waals surface area contributed by atoms with E-state index in [9.17, 15) is 23.2 Å². The number of hydrogen-bond donors (Lipinski definition) is 1. The Bertz CT molecular complexity index is 2830. The van der Waals surface area contributed by atoms with Gasteiger partial charge in [-0.1, -0.05) is 24.3 Å². The molecule has 13 nitrogen and oxygen atoms in total. The van der Waals surface area contributed by atoms with Crippen molar-refractivity contribution in [1.82, 2.24) is 38.5 Å². The number of halogens is 2. The molecule has 1 N–H and O–H groups in total. The number of benzene rings is 3. The molecule has 15 heteroatoms. The number of nitrogens with zero attached hydrogens (tertiary/aromatic N) is 8. The summed E-state index contributed by atoms with van der Waals surface area (Å²) in [7, 11) is 0. The van der Waals surface area contributed by atoms with E-state index in [1.54, 1.807) is 51.0 Å². The minimum atomic E-state index is -0.671. The smallest absolute Gasteiger partial charge is 0.410 e. The van der Waals surface area contributed by atoms with Gasteiger partial charge in [0.2, 0.25) is 5.95 Å². The number of amides is 2. The minimum Gasteiger partial charge on any atom is -0.444 e. The summed E-state index contributed by atoms with van der Waals surface area (Å²) < 4.78 is 39.4. The van der Waals surface area contributed by atoms with Gasteiger partial charge in [-0.15, -0.1) is 0 Å². The Morgan fingerprint density at radius 3 is 2.48 bits per heavy atom. The van der Waals surface area contributed by atoms with Crippen molar-refractivity contribution in [2.24, 2.45) is 0 Å². The van der Waals surface area contributed by atoms with Crippen LogP contribution in [-0.2, 0) is 24.2 Å². The summed E-state index contributed by atoms with van der Waals surface area (Å²) in [5.74, 6) is -1.20. The zero-order valence-electron chi connectivity index (χ0n) is 33.4. The van der Waals surface area contributed by atoms with Crippen molar-refractivity contribution in [1.29, 1.82) is 0 Å².